The Morgan fingerprint density at radius 1 is 1.44 bits per heavy atom. The van der Waals surface area contributed by atoms with E-state index >= 15 is 0 Å². The largest absolute Gasteiger partial charge is 0.472 e. The molecule has 18 heavy (non-hydrogen) atoms. The van der Waals surface area contributed by atoms with Crippen LogP contribution in [0.4, 0.5) is 5.69 Å². The summed E-state index contributed by atoms with van der Waals surface area (Å²) in [5.74, 6) is 2.28. The number of nitro groups is 1. The number of rotatable bonds is 2. The Bertz CT molecular complexity index is 685. The molecule has 0 aliphatic heterocycles. The van der Waals surface area contributed by atoms with Crippen molar-refractivity contribution in [2.24, 2.45) is 0 Å². The summed E-state index contributed by atoms with van der Waals surface area (Å²) in [6.07, 6.45) is 0. The molecule has 1 aromatic carbocycles. The van der Waals surface area contributed by atoms with Crippen LogP contribution in [0.5, 0.6) is 0 Å². The molecule has 0 aliphatic rings. The second-order valence-electron chi connectivity index (χ2n) is 2.93. The van der Waals surface area contributed by atoms with E-state index in [0.29, 0.717) is 6.07 Å². The van der Waals surface area contributed by atoms with Crippen molar-refractivity contribution in [3.8, 4) is 11.8 Å². The summed E-state index contributed by atoms with van der Waals surface area (Å²) in [5, 5.41) is 19.0. The maximum Gasteiger partial charge on any atom is 0.382 e. The molecule has 0 amide bonds. The summed E-state index contributed by atoms with van der Waals surface area (Å²) in [6, 6.07) is 2.73. The van der Waals surface area contributed by atoms with Crippen molar-refractivity contribution in [3.05, 3.63) is 33.9 Å². The van der Waals surface area contributed by atoms with Crippen LogP contribution in [-0.4, -0.2) is 24.4 Å². The molecule has 0 aromatic heterocycles. The highest BCUT2D eigenvalue weighted by Crippen LogP contribution is 2.24. The molecule has 0 atom stereocenters. The minimum atomic E-state index is -4.10. The molecule has 1 rings (SSSR count). The lowest BCUT2D eigenvalue weighted by molar-refractivity contribution is -0.385. The normalized spacial score (nSPS) is 10.3. The number of halogens is 1. The SMILES string of the molecule is O=C(O)C#Cc1ccc(S(=O)(=O)Cl)cc1[N+](=O)[O-]. The molecule has 7 nitrogen and oxygen atoms in total. The summed E-state index contributed by atoms with van der Waals surface area (Å²) in [7, 11) is 0.931. The van der Waals surface area contributed by atoms with Gasteiger partial charge >= 0.3 is 5.97 Å². The zero-order valence-corrected chi connectivity index (χ0v) is 10.0. The number of hydrogen-bond acceptors (Lipinski definition) is 5. The highest BCUT2D eigenvalue weighted by molar-refractivity contribution is 8.13. The summed E-state index contributed by atoms with van der Waals surface area (Å²) >= 11 is 0. The molecule has 0 spiro atoms. The monoisotopic (exact) mass is 289 g/mol. The smallest absolute Gasteiger partial charge is 0.382 e. The first-order valence-corrected chi connectivity index (χ1v) is 6.51. The minimum absolute atomic E-state index is 0.216. The van der Waals surface area contributed by atoms with Crippen molar-refractivity contribution < 1.29 is 23.2 Å². The first-order valence-electron chi connectivity index (χ1n) is 4.20. The highest BCUT2D eigenvalue weighted by Gasteiger charge is 2.18. The molecular formula is C9H4ClNO6S. The van der Waals surface area contributed by atoms with E-state index < -0.39 is 30.5 Å². The fraction of sp³-hybridized carbons (Fsp3) is 0. The van der Waals surface area contributed by atoms with Gasteiger partial charge in [0.2, 0.25) is 0 Å². The molecule has 0 bridgehead atoms. The van der Waals surface area contributed by atoms with E-state index in [0.717, 1.165) is 12.1 Å². The molecule has 0 fully saturated rings. The summed E-state index contributed by atoms with van der Waals surface area (Å²) in [4.78, 5) is 19.6. The number of nitro benzene ring substituents is 1. The zero-order chi connectivity index (χ0) is 13.9. The van der Waals surface area contributed by atoms with Crippen molar-refractivity contribution in [2.45, 2.75) is 4.90 Å². The highest BCUT2D eigenvalue weighted by atomic mass is 35.7. The quantitative estimate of drug-likeness (QED) is 0.375. The van der Waals surface area contributed by atoms with Gasteiger partial charge in [-0.15, -0.1) is 0 Å². The fourth-order valence-electron chi connectivity index (χ4n) is 1.04. The Balaban J connectivity index is 3.45. The molecule has 1 aromatic rings. The van der Waals surface area contributed by atoms with Gasteiger partial charge in [-0.05, 0) is 18.1 Å². The number of benzene rings is 1. The van der Waals surface area contributed by atoms with Gasteiger partial charge in [-0.1, -0.05) is 0 Å². The van der Waals surface area contributed by atoms with Crippen molar-refractivity contribution in [2.75, 3.05) is 0 Å². The van der Waals surface area contributed by atoms with Gasteiger partial charge in [-0.3, -0.25) is 10.1 Å². The van der Waals surface area contributed by atoms with Crippen molar-refractivity contribution in [3.63, 3.8) is 0 Å². The summed E-state index contributed by atoms with van der Waals surface area (Å²) in [5.41, 5.74) is -0.850. The van der Waals surface area contributed by atoms with Crippen LogP contribution in [0.15, 0.2) is 23.1 Å². The summed E-state index contributed by atoms with van der Waals surface area (Å²) < 4.78 is 22.0. The average Bonchev–Trinajstić information content (AvgIpc) is 2.24. The van der Waals surface area contributed by atoms with E-state index in [2.05, 4.69) is 0 Å². The van der Waals surface area contributed by atoms with Crippen LogP contribution >= 0.6 is 10.7 Å². The second-order valence-corrected chi connectivity index (χ2v) is 5.50. The molecule has 0 saturated carbocycles. The van der Waals surface area contributed by atoms with Crippen molar-refractivity contribution in [1.29, 1.82) is 0 Å². The van der Waals surface area contributed by atoms with E-state index in [-0.39, 0.29) is 5.56 Å². The molecule has 0 unspecified atom stereocenters. The Labute approximate surface area is 106 Å². The van der Waals surface area contributed by atoms with E-state index in [9.17, 15) is 23.3 Å². The van der Waals surface area contributed by atoms with E-state index in [1.54, 1.807) is 5.92 Å². The van der Waals surface area contributed by atoms with Gasteiger partial charge in [0, 0.05) is 22.7 Å². The lowest BCUT2D eigenvalue weighted by Gasteiger charge is -1.98. The Morgan fingerprint density at radius 2 is 2.06 bits per heavy atom. The molecule has 0 saturated heterocycles. The third kappa shape index (κ3) is 3.44. The number of aliphatic carboxylic acids is 1. The van der Waals surface area contributed by atoms with Crippen LogP contribution in [0.25, 0.3) is 0 Å². The van der Waals surface area contributed by atoms with Gasteiger partial charge in [0.05, 0.1) is 9.82 Å². The lowest BCUT2D eigenvalue weighted by atomic mass is 10.2. The fourth-order valence-corrected chi connectivity index (χ4v) is 1.81. The number of nitrogens with zero attached hydrogens (tertiary/aromatic N) is 1. The first-order chi connectivity index (χ1) is 8.21. The van der Waals surface area contributed by atoms with E-state index in [1.807, 2.05) is 5.92 Å². The molecule has 0 aliphatic carbocycles. The number of carboxylic acids is 1. The minimum Gasteiger partial charge on any atom is -0.472 e. The zero-order valence-electron chi connectivity index (χ0n) is 8.45. The van der Waals surface area contributed by atoms with Crippen LogP contribution in [0.1, 0.15) is 5.56 Å². The maximum atomic E-state index is 11.0. The molecular weight excluding hydrogens is 286 g/mol. The van der Waals surface area contributed by atoms with E-state index in [1.165, 1.54) is 0 Å². The molecule has 9 heteroatoms. The Kier molecular flexibility index (Phi) is 3.90. The van der Waals surface area contributed by atoms with Crippen LogP contribution in [-0.2, 0) is 13.8 Å². The molecule has 0 radical (unpaired) electrons. The van der Waals surface area contributed by atoms with E-state index in [4.69, 9.17) is 15.8 Å². The summed E-state index contributed by atoms with van der Waals surface area (Å²) in [6.45, 7) is 0. The van der Waals surface area contributed by atoms with Crippen molar-refractivity contribution >= 4 is 31.4 Å². The third-order valence-corrected chi connectivity index (χ3v) is 3.10. The van der Waals surface area contributed by atoms with Gasteiger partial charge in [0.1, 0.15) is 5.56 Å². The number of carboxylic acid groups (broad SMARTS) is 1. The molecule has 0 heterocycles. The van der Waals surface area contributed by atoms with Gasteiger partial charge in [-0.2, -0.15) is 0 Å². The predicted molar refractivity (Wildman–Crippen MR) is 60.6 cm³/mol. The van der Waals surface area contributed by atoms with Gasteiger partial charge in [0.15, 0.2) is 0 Å². The Morgan fingerprint density at radius 3 is 2.50 bits per heavy atom. The van der Waals surface area contributed by atoms with Crippen LogP contribution in [0, 0.1) is 22.0 Å². The third-order valence-electron chi connectivity index (χ3n) is 1.75. The predicted octanol–water partition coefficient (Wildman–Crippen LogP) is 0.958. The van der Waals surface area contributed by atoms with Gasteiger partial charge < -0.3 is 5.11 Å². The van der Waals surface area contributed by atoms with Crippen LogP contribution in [0.3, 0.4) is 0 Å². The molecule has 1 N–H and O–H groups in total. The topological polar surface area (TPSA) is 115 Å². The second kappa shape index (κ2) is 5.03. The Hall–Kier alpha value is -2.11. The first kappa shape index (κ1) is 14.0. The average molecular weight is 290 g/mol. The maximum absolute atomic E-state index is 11.0. The molecule has 94 valence electrons. The van der Waals surface area contributed by atoms with Gasteiger partial charge in [-0.25, -0.2) is 13.2 Å². The van der Waals surface area contributed by atoms with Crippen LogP contribution in [0.2, 0.25) is 0 Å². The lowest BCUT2D eigenvalue weighted by Crippen LogP contribution is -1.97. The number of hydrogen-bond donors (Lipinski definition) is 1. The van der Waals surface area contributed by atoms with Gasteiger partial charge in [0.25, 0.3) is 14.7 Å². The van der Waals surface area contributed by atoms with Crippen LogP contribution < -0.4 is 0 Å². The number of carbonyl (C=O) groups is 1. The standard InChI is InChI=1S/C9H4ClNO6S/c10-18(16,17)7-3-1-6(2-4-9(12)13)8(5-7)11(14)15/h1,3,5H,(H,12,13). The van der Waals surface area contributed by atoms with Crippen molar-refractivity contribution in [1.82, 2.24) is 0 Å².